The molecule has 0 aromatic rings. The van der Waals surface area contributed by atoms with Crippen LogP contribution in [0.25, 0.3) is 0 Å². The summed E-state index contributed by atoms with van der Waals surface area (Å²) < 4.78 is 0. The van der Waals surface area contributed by atoms with Crippen molar-refractivity contribution in [1.82, 2.24) is 5.32 Å². The van der Waals surface area contributed by atoms with Crippen molar-refractivity contribution in [3.8, 4) is 0 Å². The Morgan fingerprint density at radius 3 is 2.77 bits per heavy atom. The smallest absolute Gasteiger partial charge is 0.00720 e. The van der Waals surface area contributed by atoms with E-state index < -0.39 is 0 Å². The monoisotopic (exact) mass is 183 g/mol. The molecule has 3 atom stereocenters. The maximum Gasteiger partial charge on any atom is 0.00720 e. The quantitative estimate of drug-likeness (QED) is 0.705. The first-order valence-corrected chi connectivity index (χ1v) is 5.98. The molecule has 1 heteroatoms. The van der Waals surface area contributed by atoms with Crippen molar-refractivity contribution < 1.29 is 0 Å². The molecule has 1 aliphatic carbocycles. The fourth-order valence-corrected chi connectivity index (χ4v) is 2.50. The molecule has 0 amide bonds. The molecule has 1 aliphatic rings. The van der Waals surface area contributed by atoms with Gasteiger partial charge < -0.3 is 5.32 Å². The van der Waals surface area contributed by atoms with E-state index in [4.69, 9.17) is 0 Å². The minimum Gasteiger partial charge on any atom is -0.311 e. The molecule has 0 spiro atoms. The van der Waals surface area contributed by atoms with Gasteiger partial charge in [0.05, 0.1) is 0 Å². The first-order valence-electron chi connectivity index (χ1n) is 5.98. The lowest BCUT2D eigenvalue weighted by Gasteiger charge is -2.30. The zero-order chi connectivity index (χ0) is 9.68. The van der Waals surface area contributed by atoms with E-state index in [2.05, 4.69) is 26.1 Å². The average Bonchev–Trinajstić information content (AvgIpc) is 2.04. The van der Waals surface area contributed by atoms with Gasteiger partial charge in [-0.1, -0.05) is 33.1 Å². The van der Waals surface area contributed by atoms with Crippen LogP contribution < -0.4 is 5.32 Å². The van der Waals surface area contributed by atoms with Gasteiger partial charge in [0.1, 0.15) is 0 Å². The first-order chi connectivity index (χ1) is 6.22. The molecule has 3 unspecified atom stereocenters. The van der Waals surface area contributed by atoms with Gasteiger partial charge in [-0.25, -0.2) is 0 Å². The second-order valence-electron chi connectivity index (χ2n) is 4.83. The lowest BCUT2D eigenvalue weighted by atomic mass is 9.86. The van der Waals surface area contributed by atoms with Crippen LogP contribution in [-0.2, 0) is 0 Å². The molecule has 1 saturated carbocycles. The molecule has 0 aliphatic heterocycles. The maximum atomic E-state index is 3.75. The Morgan fingerprint density at radius 1 is 1.38 bits per heavy atom. The van der Waals surface area contributed by atoms with Gasteiger partial charge in [-0.15, -0.1) is 0 Å². The van der Waals surface area contributed by atoms with Crippen molar-refractivity contribution in [2.75, 3.05) is 0 Å². The van der Waals surface area contributed by atoms with E-state index in [0.717, 1.165) is 18.0 Å². The first kappa shape index (κ1) is 11.0. The number of nitrogens with one attached hydrogen (secondary N) is 1. The normalized spacial score (nSPS) is 31.6. The predicted octanol–water partition coefficient (Wildman–Crippen LogP) is 3.34. The summed E-state index contributed by atoms with van der Waals surface area (Å²) in [6.45, 7) is 6.97. The van der Waals surface area contributed by atoms with Crippen LogP contribution in [0.4, 0.5) is 0 Å². The van der Waals surface area contributed by atoms with Crippen LogP contribution >= 0.6 is 0 Å². The fraction of sp³-hybridized carbons (Fsp3) is 1.00. The minimum atomic E-state index is 0.722. The van der Waals surface area contributed by atoms with Crippen molar-refractivity contribution in [1.29, 1.82) is 0 Å². The van der Waals surface area contributed by atoms with Crippen molar-refractivity contribution in [3.63, 3.8) is 0 Å². The van der Waals surface area contributed by atoms with Crippen molar-refractivity contribution in [3.05, 3.63) is 0 Å². The Kier molecular flexibility index (Phi) is 4.79. The Labute approximate surface area is 83.3 Å². The Hall–Kier alpha value is -0.0400. The van der Waals surface area contributed by atoms with E-state index in [1.54, 1.807) is 0 Å². The van der Waals surface area contributed by atoms with Gasteiger partial charge in [-0.3, -0.25) is 0 Å². The van der Waals surface area contributed by atoms with Gasteiger partial charge in [0.2, 0.25) is 0 Å². The molecular formula is C12H25N. The Morgan fingerprint density at radius 2 is 2.15 bits per heavy atom. The third-order valence-electron chi connectivity index (χ3n) is 3.18. The molecule has 1 N–H and O–H groups in total. The van der Waals surface area contributed by atoms with Crippen molar-refractivity contribution in [2.45, 2.75) is 71.4 Å². The number of hydrogen-bond donors (Lipinski definition) is 1. The van der Waals surface area contributed by atoms with Crippen LogP contribution in [0.15, 0.2) is 0 Å². The summed E-state index contributed by atoms with van der Waals surface area (Å²) in [5, 5.41) is 3.75. The van der Waals surface area contributed by atoms with Crippen LogP contribution in [0.5, 0.6) is 0 Å². The molecule has 0 bridgehead atoms. The topological polar surface area (TPSA) is 12.0 Å². The zero-order valence-corrected chi connectivity index (χ0v) is 9.47. The van der Waals surface area contributed by atoms with E-state index in [1.165, 1.54) is 38.5 Å². The molecule has 0 aromatic carbocycles. The molecule has 0 heterocycles. The molecule has 1 rings (SSSR count). The second-order valence-corrected chi connectivity index (χ2v) is 4.83. The lowest BCUT2D eigenvalue weighted by Crippen LogP contribution is -2.39. The van der Waals surface area contributed by atoms with Crippen LogP contribution in [0.1, 0.15) is 59.3 Å². The molecule has 0 aromatic heterocycles. The summed E-state index contributed by atoms with van der Waals surface area (Å²) in [6.07, 6.45) is 8.30. The summed E-state index contributed by atoms with van der Waals surface area (Å²) in [5.74, 6) is 0.945. The fourth-order valence-electron chi connectivity index (χ4n) is 2.50. The highest BCUT2D eigenvalue weighted by molar-refractivity contribution is 4.78. The third kappa shape index (κ3) is 4.12. The van der Waals surface area contributed by atoms with Crippen LogP contribution in [0.2, 0.25) is 0 Å². The average molecular weight is 183 g/mol. The zero-order valence-electron chi connectivity index (χ0n) is 9.47. The Bertz CT molecular complexity index is 133. The molecular weight excluding hydrogens is 158 g/mol. The highest BCUT2D eigenvalue weighted by Gasteiger charge is 2.19. The van der Waals surface area contributed by atoms with Crippen LogP contribution in [-0.4, -0.2) is 12.1 Å². The van der Waals surface area contributed by atoms with Gasteiger partial charge in [0.25, 0.3) is 0 Å². The minimum absolute atomic E-state index is 0.722. The number of rotatable bonds is 4. The van der Waals surface area contributed by atoms with E-state index in [-0.39, 0.29) is 0 Å². The molecule has 78 valence electrons. The van der Waals surface area contributed by atoms with Gasteiger partial charge in [-0.2, -0.15) is 0 Å². The molecule has 1 nitrogen and oxygen atoms in total. The molecule has 0 radical (unpaired) electrons. The van der Waals surface area contributed by atoms with E-state index in [0.29, 0.717) is 0 Å². The predicted molar refractivity (Wildman–Crippen MR) is 58.9 cm³/mol. The summed E-state index contributed by atoms with van der Waals surface area (Å²) in [7, 11) is 0. The van der Waals surface area contributed by atoms with Gasteiger partial charge in [0.15, 0.2) is 0 Å². The third-order valence-corrected chi connectivity index (χ3v) is 3.18. The van der Waals surface area contributed by atoms with Crippen LogP contribution in [0.3, 0.4) is 0 Å². The molecule has 1 fully saturated rings. The SMILES string of the molecule is CCCC(C)NC1CCCC(C)C1. The highest BCUT2D eigenvalue weighted by atomic mass is 14.9. The van der Waals surface area contributed by atoms with Gasteiger partial charge in [-0.05, 0) is 32.1 Å². The Balaban J connectivity index is 2.19. The van der Waals surface area contributed by atoms with E-state index in [1.807, 2.05) is 0 Å². The summed E-state index contributed by atoms with van der Waals surface area (Å²) in [5.41, 5.74) is 0. The standard InChI is InChI=1S/C12H25N/c1-4-6-11(3)13-12-8-5-7-10(2)9-12/h10-13H,4-9H2,1-3H3. The molecule has 0 saturated heterocycles. The summed E-state index contributed by atoms with van der Waals surface area (Å²) in [6, 6.07) is 1.53. The van der Waals surface area contributed by atoms with E-state index in [9.17, 15) is 0 Å². The largest absolute Gasteiger partial charge is 0.311 e. The molecule has 13 heavy (non-hydrogen) atoms. The van der Waals surface area contributed by atoms with Crippen molar-refractivity contribution >= 4 is 0 Å². The van der Waals surface area contributed by atoms with Crippen molar-refractivity contribution in [2.24, 2.45) is 5.92 Å². The maximum absolute atomic E-state index is 3.75. The van der Waals surface area contributed by atoms with Gasteiger partial charge in [0, 0.05) is 12.1 Å². The van der Waals surface area contributed by atoms with Crippen LogP contribution in [0, 0.1) is 5.92 Å². The van der Waals surface area contributed by atoms with Gasteiger partial charge >= 0.3 is 0 Å². The van der Waals surface area contributed by atoms with E-state index >= 15 is 0 Å². The lowest BCUT2D eigenvalue weighted by molar-refractivity contribution is 0.280. The highest BCUT2D eigenvalue weighted by Crippen LogP contribution is 2.23. The number of hydrogen-bond acceptors (Lipinski definition) is 1. The summed E-state index contributed by atoms with van der Waals surface area (Å²) in [4.78, 5) is 0. The second kappa shape index (κ2) is 5.64. The summed E-state index contributed by atoms with van der Waals surface area (Å²) >= 11 is 0.